The van der Waals surface area contributed by atoms with Gasteiger partial charge in [0.05, 0.1) is 27.8 Å². The van der Waals surface area contributed by atoms with Crippen molar-refractivity contribution in [3.63, 3.8) is 0 Å². The molecular weight excluding hydrogens is 757 g/mol. The minimum Gasteiger partial charge on any atom is -0.308 e. The SMILES string of the molecule is c1ccc(-c2cc(-c3ccccc3)c(-c3nc(-c4ccccc4-n4c5ccccc5c5cnccc54)nc(-n4c5ccccc5c5ccccc54)n3)c(-c3ccccc3)c2)cc1. The number of hydrogen-bond donors (Lipinski definition) is 0. The van der Waals surface area contributed by atoms with E-state index in [0.717, 1.165) is 93.8 Å². The average Bonchev–Trinajstić information content (AvgIpc) is 3.87. The van der Waals surface area contributed by atoms with Crippen molar-refractivity contribution in [2.75, 3.05) is 0 Å². The predicted octanol–water partition coefficient (Wildman–Crippen LogP) is 13.8. The third-order valence-corrected chi connectivity index (χ3v) is 11.9. The zero-order valence-corrected chi connectivity index (χ0v) is 33.5. The molecule has 0 aliphatic rings. The molecule has 4 heterocycles. The Morgan fingerprint density at radius 2 is 0.790 bits per heavy atom. The first-order valence-electron chi connectivity index (χ1n) is 20.8. The average molecular weight is 793 g/mol. The quantitative estimate of drug-likeness (QED) is 0.161. The van der Waals surface area contributed by atoms with Gasteiger partial charge in [-0.15, -0.1) is 0 Å². The first kappa shape index (κ1) is 35.5. The Morgan fingerprint density at radius 1 is 0.323 bits per heavy atom. The summed E-state index contributed by atoms with van der Waals surface area (Å²) < 4.78 is 4.50. The van der Waals surface area contributed by atoms with Crippen molar-refractivity contribution >= 4 is 43.6 Å². The first-order chi connectivity index (χ1) is 30.8. The summed E-state index contributed by atoms with van der Waals surface area (Å²) in [6, 6.07) is 72.3. The minimum absolute atomic E-state index is 0.536. The predicted molar refractivity (Wildman–Crippen MR) is 253 cm³/mol. The van der Waals surface area contributed by atoms with Crippen molar-refractivity contribution in [2.24, 2.45) is 0 Å². The van der Waals surface area contributed by atoms with Crippen LogP contribution in [0.3, 0.4) is 0 Å². The largest absolute Gasteiger partial charge is 0.308 e. The lowest BCUT2D eigenvalue weighted by Crippen LogP contribution is -2.08. The van der Waals surface area contributed by atoms with Gasteiger partial charge in [0.1, 0.15) is 0 Å². The highest BCUT2D eigenvalue weighted by atomic mass is 15.2. The molecule has 0 bridgehead atoms. The normalized spacial score (nSPS) is 11.5. The van der Waals surface area contributed by atoms with Crippen molar-refractivity contribution in [1.82, 2.24) is 29.1 Å². The molecule has 62 heavy (non-hydrogen) atoms. The maximum absolute atomic E-state index is 5.59. The molecule has 12 aromatic rings. The highest BCUT2D eigenvalue weighted by Crippen LogP contribution is 2.44. The molecular formula is C56H36N6. The summed E-state index contributed by atoms with van der Waals surface area (Å²) in [4.78, 5) is 21.2. The number of fused-ring (bicyclic) bond motifs is 6. The Hall–Kier alpha value is -8.48. The van der Waals surface area contributed by atoms with E-state index < -0.39 is 0 Å². The number of benzene rings is 8. The second-order valence-corrected chi connectivity index (χ2v) is 15.5. The molecule has 290 valence electrons. The van der Waals surface area contributed by atoms with E-state index in [1.807, 2.05) is 12.4 Å². The molecule has 0 saturated heterocycles. The van der Waals surface area contributed by atoms with Crippen molar-refractivity contribution in [2.45, 2.75) is 0 Å². The Bertz CT molecular complexity index is 3460. The maximum Gasteiger partial charge on any atom is 0.238 e. The summed E-state index contributed by atoms with van der Waals surface area (Å²) in [7, 11) is 0. The van der Waals surface area contributed by atoms with Crippen LogP contribution in [0.4, 0.5) is 0 Å². The Balaban J connectivity index is 1.22. The Kier molecular flexibility index (Phi) is 8.38. The molecule has 0 aliphatic heterocycles. The van der Waals surface area contributed by atoms with Crippen molar-refractivity contribution in [1.29, 1.82) is 0 Å². The van der Waals surface area contributed by atoms with Crippen molar-refractivity contribution < 1.29 is 0 Å². The third kappa shape index (κ3) is 5.80. The lowest BCUT2D eigenvalue weighted by atomic mass is 9.87. The van der Waals surface area contributed by atoms with E-state index in [1.54, 1.807) is 0 Å². The van der Waals surface area contributed by atoms with Crippen LogP contribution in [-0.4, -0.2) is 29.1 Å². The fourth-order valence-corrected chi connectivity index (χ4v) is 9.14. The van der Waals surface area contributed by atoms with E-state index in [4.69, 9.17) is 15.0 Å². The fraction of sp³-hybridized carbons (Fsp3) is 0. The van der Waals surface area contributed by atoms with Gasteiger partial charge < -0.3 is 4.57 Å². The van der Waals surface area contributed by atoms with Crippen molar-refractivity contribution in [3.8, 4) is 67.8 Å². The van der Waals surface area contributed by atoms with Crippen LogP contribution in [0.1, 0.15) is 0 Å². The van der Waals surface area contributed by atoms with E-state index in [1.165, 1.54) is 0 Å². The standard InChI is InChI=1S/C56H36N6/c1-4-18-37(19-5-1)40-34-45(38-20-6-2-7-21-38)53(46(35-40)39-22-8-3-9-23-39)55-58-54(59-56(60-55)62-49-29-15-10-24-41(49)42-25-11-16-30-50(42)62)44-27-13-17-31-51(44)61-48-28-14-12-26-43(48)47-36-57-33-32-52(47)61/h1-36H. The van der Waals surface area contributed by atoms with E-state index in [9.17, 15) is 0 Å². The second kappa shape index (κ2) is 14.7. The number of rotatable bonds is 7. The molecule has 12 rings (SSSR count). The third-order valence-electron chi connectivity index (χ3n) is 11.9. The highest BCUT2D eigenvalue weighted by Gasteiger charge is 2.25. The Morgan fingerprint density at radius 3 is 1.40 bits per heavy atom. The molecule has 4 aromatic heterocycles. The van der Waals surface area contributed by atoms with Gasteiger partial charge in [0.2, 0.25) is 5.95 Å². The molecule has 0 N–H and O–H groups in total. The fourth-order valence-electron chi connectivity index (χ4n) is 9.14. The number of hydrogen-bond acceptors (Lipinski definition) is 4. The zero-order chi connectivity index (χ0) is 41.0. The van der Waals surface area contributed by atoms with E-state index in [0.29, 0.717) is 17.6 Å². The molecule has 6 nitrogen and oxygen atoms in total. The van der Waals surface area contributed by atoms with Crippen molar-refractivity contribution in [3.05, 3.63) is 219 Å². The number of nitrogens with zero attached hydrogens (tertiary/aromatic N) is 6. The molecule has 0 unspecified atom stereocenters. The van der Waals surface area contributed by atoms with Gasteiger partial charge in [-0.3, -0.25) is 9.55 Å². The van der Waals surface area contributed by atoms with Gasteiger partial charge >= 0.3 is 0 Å². The first-order valence-corrected chi connectivity index (χ1v) is 20.8. The molecule has 0 radical (unpaired) electrons. The molecule has 6 heteroatoms. The molecule has 0 spiro atoms. The monoisotopic (exact) mass is 792 g/mol. The summed E-state index contributed by atoms with van der Waals surface area (Å²) in [5.74, 6) is 1.67. The van der Waals surface area contributed by atoms with Crippen LogP contribution in [0.2, 0.25) is 0 Å². The Labute approximate surface area is 357 Å². The van der Waals surface area contributed by atoms with Gasteiger partial charge in [-0.2, -0.15) is 9.97 Å². The maximum atomic E-state index is 5.59. The van der Waals surface area contributed by atoms with Crippen LogP contribution < -0.4 is 0 Å². The van der Waals surface area contributed by atoms with E-state index in [-0.39, 0.29) is 0 Å². The minimum atomic E-state index is 0.536. The number of para-hydroxylation sites is 4. The zero-order valence-electron chi connectivity index (χ0n) is 33.5. The lowest BCUT2D eigenvalue weighted by Gasteiger charge is -2.20. The second-order valence-electron chi connectivity index (χ2n) is 15.5. The summed E-state index contributed by atoms with van der Waals surface area (Å²) in [5.41, 5.74) is 13.4. The topological polar surface area (TPSA) is 61.4 Å². The lowest BCUT2D eigenvalue weighted by molar-refractivity contribution is 0.952. The van der Waals surface area contributed by atoms with Gasteiger partial charge in [-0.1, -0.05) is 158 Å². The van der Waals surface area contributed by atoms with Gasteiger partial charge in [0.15, 0.2) is 11.6 Å². The molecule has 0 amide bonds. The summed E-state index contributed by atoms with van der Waals surface area (Å²) in [6.45, 7) is 0. The van der Waals surface area contributed by atoms with E-state index in [2.05, 4.69) is 220 Å². The highest BCUT2D eigenvalue weighted by molar-refractivity contribution is 6.10. The molecule has 0 aliphatic carbocycles. The molecule has 8 aromatic carbocycles. The molecule has 0 saturated carbocycles. The summed E-state index contributed by atoms with van der Waals surface area (Å²) in [6.07, 6.45) is 3.81. The number of aromatic nitrogens is 6. The summed E-state index contributed by atoms with van der Waals surface area (Å²) in [5, 5.41) is 4.48. The molecule has 0 atom stereocenters. The molecule has 0 fully saturated rings. The van der Waals surface area contributed by atoms with Crippen LogP contribution >= 0.6 is 0 Å². The summed E-state index contributed by atoms with van der Waals surface area (Å²) >= 11 is 0. The van der Waals surface area contributed by atoms with Gasteiger partial charge in [0.25, 0.3) is 0 Å². The van der Waals surface area contributed by atoms with Crippen LogP contribution in [0.15, 0.2) is 219 Å². The smallest absolute Gasteiger partial charge is 0.238 e. The van der Waals surface area contributed by atoms with E-state index >= 15 is 0 Å². The number of pyridine rings is 1. The van der Waals surface area contributed by atoms with Gasteiger partial charge in [0, 0.05) is 45.1 Å². The van der Waals surface area contributed by atoms with Crippen LogP contribution in [0.5, 0.6) is 0 Å². The van der Waals surface area contributed by atoms with Crippen LogP contribution in [0, 0.1) is 0 Å². The van der Waals surface area contributed by atoms with Gasteiger partial charge in [-0.05, 0) is 81.9 Å². The van der Waals surface area contributed by atoms with Gasteiger partial charge in [-0.25, -0.2) is 4.98 Å². The van der Waals surface area contributed by atoms with Crippen LogP contribution in [0.25, 0.3) is 111 Å². The van der Waals surface area contributed by atoms with Crippen LogP contribution in [-0.2, 0) is 0 Å².